The predicted octanol–water partition coefficient (Wildman–Crippen LogP) is 5.03. The van der Waals surface area contributed by atoms with Crippen LogP contribution in [-0.2, 0) is 6.42 Å². The van der Waals surface area contributed by atoms with Gasteiger partial charge in [-0.15, -0.1) is 0 Å². The van der Waals surface area contributed by atoms with Crippen molar-refractivity contribution >= 4 is 22.2 Å². The summed E-state index contributed by atoms with van der Waals surface area (Å²) in [6.45, 7) is 2.14. The minimum Gasteiger partial charge on any atom is -0.507 e. The molecule has 4 nitrogen and oxygen atoms in total. The van der Waals surface area contributed by atoms with E-state index in [1.807, 2.05) is 18.3 Å². The molecule has 0 spiro atoms. The quantitative estimate of drug-likeness (QED) is 0.492. The van der Waals surface area contributed by atoms with Crippen LogP contribution in [-0.4, -0.2) is 20.3 Å². The van der Waals surface area contributed by atoms with Crippen molar-refractivity contribution in [2.24, 2.45) is 5.92 Å². The topological polar surface area (TPSA) is 54.6 Å². The van der Waals surface area contributed by atoms with E-state index in [1.165, 1.54) is 5.39 Å². The van der Waals surface area contributed by atoms with Gasteiger partial charge in [0.15, 0.2) is 5.78 Å². The highest BCUT2D eigenvalue weighted by Crippen LogP contribution is 2.23. The van der Waals surface area contributed by atoms with E-state index in [1.54, 1.807) is 24.3 Å². The highest BCUT2D eigenvalue weighted by Gasteiger charge is 2.14. The van der Waals surface area contributed by atoms with E-state index in [0.717, 1.165) is 29.6 Å². The van der Waals surface area contributed by atoms with Gasteiger partial charge >= 0.3 is 0 Å². The normalized spacial score (nSPS) is 12.5. The number of hydrogen-bond acceptors (Lipinski definition) is 3. The number of carbonyl (C=O) groups is 1. The van der Waals surface area contributed by atoms with Gasteiger partial charge in [0.25, 0.3) is 0 Å². The van der Waals surface area contributed by atoms with E-state index in [0.29, 0.717) is 17.9 Å². The molecule has 2 aromatic heterocycles. The number of carbonyl (C=O) groups excluding carboxylic acids is 1. The molecule has 1 N–H and O–H groups in total. The molecule has 0 radical (unpaired) electrons. The van der Waals surface area contributed by atoms with Gasteiger partial charge in [-0.3, -0.25) is 4.79 Å². The number of imidazole rings is 1. The zero-order valence-corrected chi connectivity index (χ0v) is 15.3. The lowest BCUT2D eigenvalue weighted by Gasteiger charge is -2.09. The van der Waals surface area contributed by atoms with Gasteiger partial charge in [0.05, 0.1) is 11.3 Å². The van der Waals surface area contributed by atoms with Crippen LogP contribution < -0.4 is 0 Å². The molecule has 2 aromatic carbocycles. The Morgan fingerprint density at radius 2 is 1.89 bits per heavy atom. The zero-order chi connectivity index (χ0) is 18.8. The van der Waals surface area contributed by atoms with E-state index >= 15 is 0 Å². The first-order valence-electron chi connectivity index (χ1n) is 9.28. The van der Waals surface area contributed by atoms with Crippen LogP contribution in [0, 0.1) is 5.92 Å². The molecule has 0 bridgehead atoms. The lowest BCUT2D eigenvalue weighted by atomic mass is 9.96. The Morgan fingerprint density at radius 3 is 2.74 bits per heavy atom. The summed E-state index contributed by atoms with van der Waals surface area (Å²) < 4.78 is 2.07. The second kappa shape index (κ2) is 7.23. The van der Waals surface area contributed by atoms with Crippen molar-refractivity contribution in [2.75, 3.05) is 0 Å². The summed E-state index contributed by atoms with van der Waals surface area (Å²) in [7, 11) is 0. The summed E-state index contributed by atoms with van der Waals surface area (Å²) in [4.78, 5) is 17.1. The number of phenols is 1. The minimum atomic E-state index is -0.0130. The minimum absolute atomic E-state index is 0.0130. The predicted molar refractivity (Wildman–Crippen MR) is 107 cm³/mol. The second-order valence-corrected chi connectivity index (χ2v) is 7.15. The fraction of sp³-hybridized carbons (Fsp3) is 0.217. The third-order valence-corrected chi connectivity index (χ3v) is 5.02. The Labute approximate surface area is 158 Å². The number of phenolic OH excluding ortho intramolecular Hbond substituents is 1. The molecular formula is C23H22N2O2. The van der Waals surface area contributed by atoms with Crippen LogP contribution in [0.3, 0.4) is 0 Å². The molecule has 0 amide bonds. The van der Waals surface area contributed by atoms with E-state index in [9.17, 15) is 9.90 Å². The van der Waals surface area contributed by atoms with Crippen LogP contribution in [0.2, 0.25) is 0 Å². The molecule has 136 valence electrons. The maximum Gasteiger partial charge on any atom is 0.166 e. The number of para-hydroxylation sites is 1. The fourth-order valence-corrected chi connectivity index (χ4v) is 3.54. The first-order chi connectivity index (χ1) is 13.1. The van der Waals surface area contributed by atoms with Gasteiger partial charge in [0.1, 0.15) is 11.4 Å². The van der Waals surface area contributed by atoms with Gasteiger partial charge in [0.2, 0.25) is 0 Å². The molecule has 0 saturated heterocycles. The third-order valence-electron chi connectivity index (χ3n) is 5.02. The molecule has 0 aliphatic carbocycles. The third kappa shape index (κ3) is 3.56. The molecule has 1 unspecified atom stereocenters. The summed E-state index contributed by atoms with van der Waals surface area (Å²) in [6, 6.07) is 17.1. The average molecular weight is 358 g/mol. The van der Waals surface area contributed by atoms with Crippen molar-refractivity contribution in [1.82, 2.24) is 9.38 Å². The number of Topliss-reactive ketones (excluding diaryl/α,β-unsaturated/α-hetero) is 1. The molecule has 4 heteroatoms. The number of ketones is 1. The number of benzene rings is 2. The summed E-state index contributed by atoms with van der Waals surface area (Å²) in [5.41, 5.74) is 2.42. The highest BCUT2D eigenvalue weighted by molar-refractivity contribution is 5.98. The Hall–Kier alpha value is -3.14. The molecule has 0 aliphatic rings. The maximum atomic E-state index is 12.3. The van der Waals surface area contributed by atoms with Crippen molar-refractivity contribution < 1.29 is 9.90 Å². The molecule has 4 aromatic rings. The summed E-state index contributed by atoms with van der Waals surface area (Å²) in [5, 5.41) is 12.1. The Balaban J connectivity index is 1.45. The number of aromatic hydroxyl groups is 1. The number of hydrogen-bond donors (Lipinski definition) is 1. The molecule has 0 fully saturated rings. The van der Waals surface area contributed by atoms with Gasteiger partial charge in [-0.1, -0.05) is 43.3 Å². The standard InChI is InChI=1S/C23H22N2O2/c1-16(10-11-22(27)20-8-4-5-9-21(20)26)14-18-15-25-13-12-17-6-2-3-7-19(17)23(25)24-18/h2-9,12-13,15-16,26H,10-11,14H2,1H3. The number of rotatable bonds is 6. The van der Waals surface area contributed by atoms with E-state index < -0.39 is 0 Å². The van der Waals surface area contributed by atoms with Crippen LogP contribution in [0.25, 0.3) is 16.4 Å². The number of fused-ring (bicyclic) bond motifs is 3. The van der Waals surface area contributed by atoms with Crippen LogP contribution >= 0.6 is 0 Å². The first-order valence-corrected chi connectivity index (χ1v) is 9.28. The Bertz CT molecular complexity index is 1110. The molecule has 0 aliphatic heterocycles. The highest BCUT2D eigenvalue weighted by atomic mass is 16.3. The Kier molecular flexibility index (Phi) is 4.63. The van der Waals surface area contributed by atoms with Crippen LogP contribution in [0.1, 0.15) is 35.8 Å². The smallest absolute Gasteiger partial charge is 0.166 e. The van der Waals surface area contributed by atoms with Crippen LogP contribution in [0.4, 0.5) is 0 Å². The zero-order valence-electron chi connectivity index (χ0n) is 15.3. The number of pyridine rings is 1. The van der Waals surface area contributed by atoms with E-state index in [4.69, 9.17) is 4.98 Å². The Morgan fingerprint density at radius 1 is 1.11 bits per heavy atom. The first kappa shape index (κ1) is 17.3. The number of aromatic nitrogens is 2. The van der Waals surface area contributed by atoms with Gasteiger partial charge in [-0.25, -0.2) is 4.98 Å². The lowest BCUT2D eigenvalue weighted by molar-refractivity contribution is 0.0972. The summed E-state index contributed by atoms with van der Waals surface area (Å²) in [6.07, 6.45) is 6.13. The summed E-state index contributed by atoms with van der Waals surface area (Å²) in [5.74, 6) is 0.374. The second-order valence-electron chi connectivity index (χ2n) is 7.15. The van der Waals surface area contributed by atoms with Crippen LogP contribution in [0.15, 0.2) is 67.0 Å². The van der Waals surface area contributed by atoms with E-state index in [2.05, 4.69) is 35.7 Å². The SMILES string of the molecule is CC(CCC(=O)c1ccccc1O)Cc1cn2ccc3ccccc3c2n1. The molecule has 4 rings (SSSR count). The van der Waals surface area contributed by atoms with Gasteiger partial charge in [0, 0.05) is 24.2 Å². The van der Waals surface area contributed by atoms with Gasteiger partial charge in [-0.2, -0.15) is 0 Å². The molecule has 1 atom stereocenters. The molecule has 0 saturated carbocycles. The van der Waals surface area contributed by atoms with Crippen molar-refractivity contribution in [3.8, 4) is 5.75 Å². The van der Waals surface area contributed by atoms with E-state index in [-0.39, 0.29) is 11.5 Å². The monoisotopic (exact) mass is 358 g/mol. The van der Waals surface area contributed by atoms with Crippen LogP contribution in [0.5, 0.6) is 5.75 Å². The fourth-order valence-electron chi connectivity index (χ4n) is 3.54. The average Bonchev–Trinajstić information content (AvgIpc) is 3.09. The summed E-state index contributed by atoms with van der Waals surface area (Å²) >= 11 is 0. The van der Waals surface area contributed by atoms with Gasteiger partial charge in [-0.05, 0) is 42.3 Å². The lowest BCUT2D eigenvalue weighted by Crippen LogP contribution is -2.06. The van der Waals surface area contributed by atoms with Crippen molar-refractivity contribution in [2.45, 2.75) is 26.2 Å². The molecule has 27 heavy (non-hydrogen) atoms. The van der Waals surface area contributed by atoms with Crippen molar-refractivity contribution in [1.29, 1.82) is 0 Å². The van der Waals surface area contributed by atoms with Crippen molar-refractivity contribution in [3.05, 3.63) is 78.2 Å². The molecule has 2 heterocycles. The van der Waals surface area contributed by atoms with Crippen molar-refractivity contribution in [3.63, 3.8) is 0 Å². The molecular weight excluding hydrogens is 336 g/mol. The number of nitrogens with zero attached hydrogens (tertiary/aromatic N) is 2. The largest absolute Gasteiger partial charge is 0.507 e. The maximum absolute atomic E-state index is 12.3. The van der Waals surface area contributed by atoms with Gasteiger partial charge < -0.3 is 9.51 Å².